The van der Waals surface area contributed by atoms with Crippen molar-refractivity contribution in [2.45, 2.75) is 24.7 Å². The summed E-state index contributed by atoms with van der Waals surface area (Å²) in [7, 11) is 1.35. The molecule has 2 aromatic heterocycles. The Hall–Kier alpha value is -2.37. The van der Waals surface area contributed by atoms with E-state index in [-0.39, 0.29) is 23.8 Å². The zero-order chi connectivity index (χ0) is 21.0. The molecule has 0 amide bonds. The van der Waals surface area contributed by atoms with Crippen molar-refractivity contribution in [2.75, 3.05) is 31.7 Å². The lowest BCUT2D eigenvalue weighted by Gasteiger charge is -2.29. The van der Waals surface area contributed by atoms with Crippen molar-refractivity contribution in [1.29, 1.82) is 0 Å². The largest absolute Gasteiger partial charge is 0.496 e. The average molecular weight is 439 g/mol. The summed E-state index contributed by atoms with van der Waals surface area (Å²) in [6.07, 6.45) is -1.90. The lowest BCUT2D eigenvalue weighted by molar-refractivity contribution is -0.137. The molecule has 160 valence electrons. The van der Waals surface area contributed by atoms with Gasteiger partial charge < -0.3 is 20.1 Å². The standard InChI is InChI=1S/C19H20F3N5O2S/c1-28-15-6-10(19(20,21)22)2-3-11(15)14-7-24-17-27(14)25-18(30-17)26-8-12-13(23)4-5-29-16(12)9-26/h2-3,6-7,12-13,16H,4-5,8-9,23H2,1H3/t12-,13+,16-/m0/s1. The fourth-order valence-corrected chi connectivity index (χ4v) is 5.08. The number of imidazole rings is 1. The third kappa shape index (κ3) is 3.21. The van der Waals surface area contributed by atoms with E-state index in [0.29, 0.717) is 29.4 Å². The van der Waals surface area contributed by atoms with Gasteiger partial charge in [0.25, 0.3) is 0 Å². The van der Waals surface area contributed by atoms with E-state index in [4.69, 9.17) is 15.2 Å². The lowest BCUT2D eigenvalue weighted by atomic mass is 9.93. The minimum atomic E-state index is -4.44. The van der Waals surface area contributed by atoms with E-state index in [2.05, 4.69) is 15.0 Å². The van der Waals surface area contributed by atoms with E-state index in [9.17, 15) is 13.2 Å². The van der Waals surface area contributed by atoms with Gasteiger partial charge in [0.1, 0.15) is 5.75 Å². The van der Waals surface area contributed by atoms with Crippen LogP contribution in [0.2, 0.25) is 0 Å². The predicted molar refractivity (Wildman–Crippen MR) is 106 cm³/mol. The van der Waals surface area contributed by atoms with Gasteiger partial charge in [-0.1, -0.05) is 11.3 Å². The van der Waals surface area contributed by atoms with E-state index in [1.54, 1.807) is 10.7 Å². The molecular formula is C19H20F3N5O2S. The van der Waals surface area contributed by atoms with Crippen LogP contribution < -0.4 is 15.4 Å². The number of methoxy groups -OCH3 is 1. The second kappa shape index (κ2) is 7.10. The Labute approximate surface area is 174 Å². The molecule has 3 aromatic rings. The van der Waals surface area contributed by atoms with Gasteiger partial charge in [0.15, 0.2) is 0 Å². The third-order valence-electron chi connectivity index (χ3n) is 5.79. The molecule has 3 atom stereocenters. The van der Waals surface area contributed by atoms with Crippen LogP contribution in [0.5, 0.6) is 5.75 Å². The Bertz CT molecular complexity index is 1080. The molecule has 5 rings (SSSR count). The molecule has 0 unspecified atom stereocenters. The first-order valence-corrected chi connectivity index (χ1v) is 10.4. The first-order valence-electron chi connectivity index (χ1n) is 9.57. The number of nitrogens with two attached hydrogens (primary N) is 1. The number of fused-ring (bicyclic) bond motifs is 2. The molecule has 0 spiro atoms. The minimum Gasteiger partial charge on any atom is -0.496 e. The van der Waals surface area contributed by atoms with Crippen LogP contribution in [0, 0.1) is 5.92 Å². The average Bonchev–Trinajstić information content (AvgIpc) is 3.40. The van der Waals surface area contributed by atoms with Gasteiger partial charge in [-0.05, 0) is 24.6 Å². The van der Waals surface area contributed by atoms with Gasteiger partial charge >= 0.3 is 6.18 Å². The van der Waals surface area contributed by atoms with E-state index < -0.39 is 11.7 Å². The van der Waals surface area contributed by atoms with Crippen LogP contribution in [-0.4, -0.2) is 53.6 Å². The highest BCUT2D eigenvalue weighted by Crippen LogP contribution is 2.39. The molecule has 1 aromatic carbocycles. The molecule has 7 nitrogen and oxygen atoms in total. The van der Waals surface area contributed by atoms with Crippen LogP contribution in [0.25, 0.3) is 16.2 Å². The molecule has 4 heterocycles. The normalized spacial score (nSPS) is 24.4. The second-order valence-electron chi connectivity index (χ2n) is 7.57. The number of aromatic nitrogens is 3. The van der Waals surface area contributed by atoms with E-state index in [0.717, 1.165) is 30.2 Å². The van der Waals surface area contributed by atoms with Crippen LogP contribution in [-0.2, 0) is 10.9 Å². The monoisotopic (exact) mass is 439 g/mol. The van der Waals surface area contributed by atoms with E-state index in [1.807, 2.05) is 0 Å². The molecule has 0 bridgehead atoms. The quantitative estimate of drug-likeness (QED) is 0.676. The molecule has 2 aliphatic heterocycles. The van der Waals surface area contributed by atoms with Crippen LogP contribution >= 0.6 is 11.3 Å². The number of ether oxygens (including phenoxy) is 2. The highest BCUT2D eigenvalue weighted by atomic mass is 32.1. The molecule has 2 N–H and O–H groups in total. The summed E-state index contributed by atoms with van der Waals surface area (Å²) in [5.41, 5.74) is 6.56. The van der Waals surface area contributed by atoms with Gasteiger partial charge in [0, 0.05) is 37.2 Å². The Morgan fingerprint density at radius 3 is 2.87 bits per heavy atom. The molecule has 2 fully saturated rings. The zero-order valence-corrected chi connectivity index (χ0v) is 16.9. The summed E-state index contributed by atoms with van der Waals surface area (Å²) >= 11 is 1.43. The molecule has 0 radical (unpaired) electrons. The number of hydrogen-bond acceptors (Lipinski definition) is 7. The van der Waals surface area contributed by atoms with Gasteiger partial charge in [-0.15, -0.1) is 5.10 Å². The molecule has 2 aliphatic rings. The number of rotatable bonds is 3. The van der Waals surface area contributed by atoms with Gasteiger partial charge in [-0.3, -0.25) is 0 Å². The molecular weight excluding hydrogens is 419 g/mol. The van der Waals surface area contributed by atoms with Crippen molar-refractivity contribution in [2.24, 2.45) is 11.7 Å². The van der Waals surface area contributed by atoms with Crippen LogP contribution in [0.1, 0.15) is 12.0 Å². The third-order valence-corrected chi connectivity index (χ3v) is 6.78. The fourth-order valence-electron chi connectivity index (χ4n) is 4.19. The van der Waals surface area contributed by atoms with Crippen molar-refractivity contribution in [3.63, 3.8) is 0 Å². The van der Waals surface area contributed by atoms with Crippen molar-refractivity contribution in [1.82, 2.24) is 14.6 Å². The summed E-state index contributed by atoms with van der Waals surface area (Å²) in [6, 6.07) is 3.53. The Morgan fingerprint density at radius 2 is 2.13 bits per heavy atom. The Kier molecular flexibility index (Phi) is 4.64. The number of benzene rings is 1. The highest BCUT2D eigenvalue weighted by molar-refractivity contribution is 7.20. The molecule has 2 saturated heterocycles. The van der Waals surface area contributed by atoms with Gasteiger partial charge in [0.2, 0.25) is 10.1 Å². The number of anilines is 1. The number of halogens is 3. The minimum absolute atomic E-state index is 0.0967. The highest BCUT2D eigenvalue weighted by Gasteiger charge is 2.41. The maximum atomic E-state index is 13.1. The maximum absolute atomic E-state index is 13.1. The summed E-state index contributed by atoms with van der Waals surface area (Å²) < 4.78 is 51.9. The number of nitrogens with zero attached hydrogens (tertiary/aromatic N) is 4. The van der Waals surface area contributed by atoms with Crippen LogP contribution in [0.4, 0.5) is 18.3 Å². The van der Waals surface area contributed by atoms with Gasteiger partial charge in [0.05, 0.1) is 30.7 Å². The molecule has 30 heavy (non-hydrogen) atoms. The van der Waals surface area contributed by atoms with Crippen molar-refractivity contribution in [3.05, 3.63) is 30.0 Å². The molecule has 0 aliphatic carbocycles. The summed E-state index contributed by atoms with van der Waals surface area (Å²) in [6.45, 7) is 2.16. The second-order valence-corrected chi connectivity index (χ2v) is 8.50. The first-order chi connectivity index (χ1) is 14.3. The van der Waals surface area contributed by atoms with Crippen LogP contribution in [0.3, 0.4) is 0 Å². The predicted octanol–water partition coefficient (Wildman–Crippen LogP) is 3.04. The summed E-state index contributed by atoms with van der Waals surface area (Å²) in [5.74, 6) is 0.386. The van der Waals surface area contributed by atoms with Crippen LogP contribution in [0.15, 0.2) is 24.4 Å². The summed E-state index contributed by atoms with van der Waals surface area (Å²) in [4.78, 5) is 7.20. The number of alkyl halides is 3. The summed E-state index contributed by atoms with van der Waals surface area (Å²) in [5, 5.41) is 5.47. The van der Waals surface area contributed by atoms with Crippen molar-refractivity contribution < 1.29 is 22.6 Å². The van der Waals surface area contributed by atoms with Gasteiger partial charge in [-0.2, -0.15) is 13.2 Å². The Morgan fingerprint density at radius 1 is 1.30 bits per heavy atom. The van der Waals surface area contributed by atoms with E-state index >= 15 is 0 Å². The van der Waals surface area contributed by atoms with Crippen molar-refractivity contribution in [3.8, 4) is 17.0 Å². The van der Waals surface area contributed by atoms with Gasteiger partial charge in [-0.25, -0.2) is 9.50 Å². The maximum Gasteiger partial charge on any atom is 0.416 e. The molecule has 11 heteroatoms. The first kappa shape index (κ1) is 19.6. The van der Waals surface area contributed by atoms with E-state index in [1.165, 1.54) is 24.5 Å². The molecule has 0 saturated carbocycles. The topological polar surface area (TPSA) is 77.9 Å². The Balaban J connectivity index is 1.49. The van der Waals surface area contributed by atoms with Crippen molar-refractivity contribution >= 4 is 21.4 Å². The number of hydrogen-bond donors (Lipinski definition) is 1. The smallest absolute Gasteiger partial charge is 0.416 e. The SMILES string of the molecule is COc1cc(C(F)(F)F)ccc1-c1cnc2sc(N3C[C@H]4[C@H](N)CCO[C@H]4C3)nn12. The lowest BCUT2D eigenvalue weighted by Crippen LogP contribution is -2.43. The zero-order valence-electron chi connectivity index (χ0n) is 16.1. The fraction of sp³-hybridized carbons (Fsp3) is 0.474.